The highest BCUT2D eigenvalue weighted by Crippen LogP contribution is 2.25. The summed E-state index contributed by atoms with van der Waals surface area (Å²) in [5.74, 6) is 0.916. The van der Waals surface area contributed by atoms with E-state index in [9.17, 15) is 0 Å². The number of thiazole rings is 1. The van der Waals surface area contributed by atoms with Gasteiger partial charge < -0.3 is 0 Å². The maximum absolute atomic E-state index is 4.27. The van der Waals surface area contributed by atoms with Gasteiger partial charge in [-0.3, -0.25) is 5.10 Å². The zero-order valence-electron chi connectivity index (χ0n) is 7.02. The molecule has 13 heavy (non-hydrogen) atoms. The molecule has 0 bridgehead atoms. The predicted octanol–water partition coefficient (Wildman–Crippen LogP) is 1.97. The Bertz CT molecular complexity index is 368. The Morgan fingerprint density at radius 1 is 1.62 bits per heavy atom. The summed E-state index contributed by atoms with van der Waals surface area (Å²) in [7, 11) is 0. The first-order valence-electron chi connectivity index (χ1n) is 3.87. The van der Waals surface area contributed by atoms with Crippen LogP contribution < -0.4 is 0 Å². The molecule has 0 unspecified atom stereocenters. The molecule has 68 valence electrons. The van der Waals surface area contributed by atoms with Crippen LogP contribution in [0.4, 0.5) is 0 Å². The molecule has 0 radical (unpaired) electrons. The van der Waals surface area contributed by atoms with Gasteiger partial charge in [0, 0.05) is 18.0 Å². The molecule has 1 N–H and O–H groups in total. The first-order chi connectivity index (χ1) is 6.38. The van der Waals surface area contributed by atoms with Crippen molar-refractivity contribution in [2.75, 3.05) is 0 Å². The highest BCUT2D eigenvalue weighted by Gasteiger charge is 2.04. The molecular weight excluding hydrogens is 204 g/mol. The van der Waals surface area contributed by atoms with Crippen molar-refractivity contribution in [3.63, 3.8) is 0 Å². The molecule has 0 spiro atoms. The van der Waals surface area contributed by atoms with Gasteiger partial charge in [0.05, 0.1) is 0 Å². The van der Waals surface area contributed by atoms with E-state index < -0.39 is 0 Å². The van der Waals surface area contributed by atoms with Crippen LogP contribution in [0.25, 0.3) is 0 Å². The number of nitrogens with zero attached hydrogens (tertiary/aromatic N) is 3. The normalized spacial score (nSPS) is 10.5. The number of aromatic amines is 1. The summed E-state index contributed by atoms with van der Waals surface area (Å²) < 4.78 is 0.974. The highest BCUT2D eigenvalue weighted by molar-refractivity contribution is 8.00. The van der Waals surface area contributed by atoms with E-state index in [0.29, 0.717) is 0 Å². The van der Waals surface area contributed by atoms with E-state index in [0.717, 1.165) is 21.7 Å². The lowest BCUT2D eigenvalue weighted by Crippen LogP contribution is -1.80. The molecule has 2 aromatic rings. The van der Waals surface area contributed by atoms with Crippen LogP contribution in [0.2, 0.25) is 0 Å². The second kappa shape index (κ2) is 3.89. The third kappa shape index (κ3) is 2.07. The molecule has 4 nitrogen and oxygen atoms in total. The van der Waals surface area contributed by atoms with E-state index in [4.69, 9.17) is 0 Å². The molecule has 0 aliphatic heterocycles. The van der Waals surface area contributed by atoms with Crippen molar-refractivity contribution in [2.24, 2.45) is 0 Å². The Balaban J connectivity index is 2.10. The molecule has 0 aliphatic rings. The average molecular weight is 212 g/mol. The van der Waals surface area contributed by atoms with E-state index in [1.165, 1.54) is 11.8 Å². The van der Waals surface area contributed by atoms with Crippen LogP contribution in [0.3, 0.4) is 0 Å². The SMILES string of the molecule is CCc1nc(Sc2nccs2)n[nH]1. The number of rotatable bonds is 3. The second-order valence-corrected chi connectivity index (χ2v) is 4.43. The lowest BCUT2D eigenvalue weighted by Gasteiger charge is -1.86. The fourth-order valence-electron chi connectivity index (χ4n) is 0.820. The smallest absolute Gasteiger partial charge is 0.215 e. The Kier molecular flexibility index (Phi) is 2.60. The zero-order chi connectivity index (χ0) is 9.10. The first kappa shape index (κ1) is 8.71. The van der Waals surface area contributed by atoms with Crippen molar-refractivity contribution < 1.29 is 0 Å². The second-order valence-electron chi connectivity index (χ2n) is 2.32. The molecule has 2 rings (SSSR count). The number of nitrogens with one attached hydrogen (secondary N) is 1. The minimum atomic E-state index is 0.742. The van der Waals surface area contributed by atoms with E-state index in [1.54, 1.807) is 17.5 Å². The third-order valence-corrected chi connectivity index (χ3v) is 3.18. The van der Waals surface area contributed by atoms with Crippen LogP contribution >= 0.6 is 23.1 Å². The van der Waals surface area contributed by atoms with Crippen molar-refractivity contribution in [1.82, 2.24) is 20.2 Å². The molecule has 0 saturated heterocycles. The molecule has 0 saturated carbocycles. The minimum absolute atomic E-state index is 0.742. The van der Waals surface area contributed by atoms with Crippen LogP contribution in [0.5, 0.6) is 0 Å². The summed E-state index contributed by atoms with van der Waals surface area (Å²) in [5.41, 5.74) is 0. The fourth-order valence-corrected chi connectivity index (χ4v) is 2.28. The van der Waals surface area contributed by atoms with Gasteiger partial charge in [0.25, 0.3) is 0 Å². The minimum Gasteiger partial charge on any atom is -0.262 e. The summed E-state index contributed by atoms with van der Waals surface area (Å²) in [5, 5.41) is 9.60. The van der Waals surface area contributed by atoms with Gasteiger partial charge in [-0.2, -0.15) is 0 Å². The summed E-state index contributed by atoms with van der Waals surface area (Å²) in [4.78, 5) is 8.40. The predicted molar refractivity (Wildman–Crippen MR) is 52.0 cm³/mol. The van der Waals surface area contributed by atoms with Crippen molar-refractivity contribution in [3.8, 4) is 0 Å². The van der Waals surface area contributed by atoms with Crippen molar-refractivity contribution in [1.29, 1.82) is 0 Å². The summed E-state index contributed by atoms with van der Waals surface area (Å²) >= 11 is 3.08. The van der Waals surface area contributed by atoms with Crippen molar-refractivity contribution in [3.05, 3.63) is 17.4 Å². The third-order valence-electron chi connectivity index (χ3n) is 1.43. The maximum atomic E-state index is 4.27. The van der Waals surface area contributed by atoms with Gasteiger partial charge in [-0.25, -0.2) is 9.97 Å². The van der Waals surface area contributed by atoms with Gasteiger partial charge in [0.2, 0.25) is 5.16 Å². The van der Waals surface area contributed by atoms with Gasteiger partial charge >= 0.3 is 0 Å². The molecule has 2 aromatic heterocycles. The Hall–Kier alpha value is -0.880. The van der Waals surface area contributed by atoms with Crippen molar-refractivity contribution in [2.45, 2.75) is 22.8 Å². The van der Waals surface area contributed by atoms with Gasteiger partial charge in [-0.15, -0.1) is 16.4 Å². The number of aromatic nitrogens is 4. The average Bonchev–Trinajstić information content (AvgIpc) is 2.76. The Morgan fingerprint density at radius 3 is 3.15 bits per heavy atom. The lowest BCUT2D eigenvalue weighted by molar-refractivity contribution is 0.941. The molecule has 0 aliphatic carbocycles. The van der Waals surface area contributed by atoms with Gasteiger partial charge in [-0.1, -0.05) is 6.92 Å². The van der Waals surface area contributed by atoms with E-state index in [-0.39, 0.29) is 0 Å². The van der Waals surface area contributed by atoms with Gasteiger partial charge in [0.1, 0.15) is 5.82 Å². The van der Waals surface area contributed by atoms with Crippen LogP contribution in [0.1, 0.15) is 12.7 Å². The van der Waals surface area contributed by atoms with E-state index >= 15 is 0 Å². The molecule has 0 amide bonds. The van der Waals surface area contributed by atoms with Crippen LogP contribution in [0, 0.1) is 0 Å². The Morgan fingerprint density at radius 2 is 2.54 bits per heavy atom. The van der Waals surface area contributed by atoms with Crippen LogP contribution in [0.15, 0.2) is 21.1 Å². The number of hydrogen-bond acceptors (Lipinski definition) is 5. The molecule has 0 fully saturated rings. The highest BCUT2D eigenvalue weighted by atomic mass is 32.2. The van der Waals surface area contributed by atoms with E-state index in [2.05, 4.69) is 20.2 Å². The largest absolute Gasteiger partial charge is 0.262 e. The monoisotopic (exact) mass is 212 g/mol. The van der Waals surface area contributed by atoms with Crippen molar-refractivity contribution >= 4 is 23.1 Å². The topological polar surface area (TPSA) is 54.5 Å². The number of H-pyrrole nitrogens is 1. The summed E-state index contributed by atoms with van der Waals surface area (Å²) in [6.45, 7) is 2.04. The molecule has 0 aromatic carbocycles. The maximum Gasteiger partial charge on any atom is 0.215 e. The molecule has 6 heteroatoms. The molecular formula is C7H8N4S2. The fraction of sp³-hybridized carbons (Fsp3) is 0.286. The number of aryl methyl sites for hydroxylation is 1. The first-order valence-corrected chi connectivity index (χ1v) is 5.56. The number of hydrogen-bond donors (Lipinski definition) is 1. The molecule has 2 heterocycles. The quantitative estimate of drug-likeness (QED) is 0.845. The van der Waals surface area contributed by atoms with Crippen LogP contribution in [-0.2, 0) is 6.42 Å². The summed E-state index contributed by atoms with van der Waals surface area (Å²) in [6, 6.07) is 0. The van der Waals surface area contributed by atoms with Crippen LogP contribution in [-0.4, -0.2) is 20.2 Å². The molecule has 0 atom stereocenters. The zero-order valence-corrected chi connectivity index (χ0v) is 8.65. The Labute approximate surface area is 83.8 Å². The summed E-state index contributed by atoms with van der Waals surface area (Å²) in [6.07, 6.45) is 2.66. The standard InChI is InChI=1S/C7H8N4S2/c1-2-5-9-6(11-10-5)13-7-8-3-4-12-7/h3-4H,2H2,1H3,(H,9,10,11). The van der Waals surface area contributed by atoms with Gasteiger partial charge in [0.15, 0.2) is 4.34 Å². The lowest BCUT2D eigenvalue weighted by atomic mass is 10.5. The van der Waals surface area contributed by atoms with E-state index in [1.807, 2.05) is 12.3 Å². The van der Waals surface area contributed by atoms with Gasteiger partial charge in [-0.05, 0) is 11.8 Å².